The Hall–Kier alpha value is -0.910. The normalized spacial score (nSPS) is 12.2. The predicted octanol–water partition coefficient (Wildman–Crippen LogP) is 2.25. The van der Waals surface area contributed by atoms with Gasteiger partial charge in [-0.3, -0.25) is 4.79 Å². The molecule has 1 aromatic rings. The maximum Gasteiger partial charge on any atom is 0.234 e. The van der Waals surface area contributed by atoms with Gasteiger partial charge in [0.15, 0.2) is 0 Å². The number of benzene rings is 1. The van der Waals surface area contributed by atoms with Crippen molar-refractivity contribution in [1.82, 2.24) is 10.6 Å². The maximum atomic E-state index is 11.6. The van der Waals surface area contributed by atoms with Crippen molar-refractivity contribution in [2.24, 2.45) is 0 Å². The van der Waals surface area contributed by atoms with Gasteiger partial charge in [-0.25, -0.2) is 0 Å². The molecule has 5 heteroatoms. The molecule has 2 N–H and O–H groups in total. The summed E-state index contributed by atoms with van der Waals surface area (Å²) in [6, 6.07) is 8.32. The number of methoxy groups -OCH3 is 1. The van der Waals surface area contributed by atoms with Crippen molar-refractivity contribution in [2.75, 3.05) is 26.8 Å². The summed E-state index contributed by atoms with van der Waals surface area (Å²) >= 11 is 3.46. The van der Waals surface area contributed by atoms with Gasteiger partial charge in [-0.15, -0.1) is 0 Å². The molecule has 106 valence electrons. The van der Waals surface area contributed by atoms with Crippen LogP contribution in [-0.2, 0) is 9.53 Å². The number of hydrogen-bond donors (Lipinski definition) is 2. The zero-order valence-electron chi connectivity index (χ0n) is 11.4. The third-order valence-electron chi connectivity index (χ3n) is 2.80. The fraction of sp³-hybridized carbons (Fsp3) is 0.500. The zero-order chi connectivity index (χ0) is 14.1. The fourth-order valence-electron chi connectivity index (χ4n) is 1.79. The minimum atomic E-state index is -0.00880. The second-order valence-corrected chi connectivity index (χ2v) is 5.16. The number of nitrogens with one attached hydrogen (secondary N) is 2. The van der Waals surface area contributed by atoms with E-state index in [0.29, 0.717) is 19.7 Å². The highest BCUT2D eigenvalue weighted by Gasteiger charge is 2.10. The molecule has 0 aliphatic carbocycles. The van der Waals surface area contributed by atoms with Gasteiger partial charge in [-0.05, 0) is 24.1 Å². The van der Waals surface area contributed by atoms with E-state index in [1.165, 1.54) is 5.56 Å². The summed E-state index contributed by atoms with van der Waals surface area (Å²) in [6.07, 6.45) is 0.932. The lowest BCUT2D eigenvalue weighted by molar-refractivity contribution is -0.120. The number of rotatable bonds is 8. The Kier molecular flexibility index (Phi) is 7.70. The average molecular weight is 329 g/mol. The Bertz CT molecular complexity index is 399. The molecule has 1 rings (SSSR count). The molecule has 4 nitrogen and oxygen atoms in total. The van der Waals surface area contributed by atoms with Crippen molar-refractivity contribution in [2.45, 2.75) is 19.4 Å². The van der Waals surface area contributed by atoms with E-state index in [9.17, 15) is 4.79 Å². The zero-order valence-corrected chi connectivity index (χ0v) is 13.0. The lowest BCUT2D eigenvalue weighted by atomic mass is 10.0. The van der Waals surface area contributed by atoms with Gasteiger partial charge in [-0.1, -0.05) is 35.0 Å². The van der Waals surface area contributed by atoms with Gasteiger partial charge in [0.05, 0.1) is 13.2 Å². The van der Waals surface area contributed by atoms with Gasteiger partial charge in [0.1, 0.15) is 0 Å². The van der Waals surface area contributed by atoms with Crippen LogP contribution >= 0.6 is 15.9 Å². The molecule has 0 bridgehead atoms. The Morgan fingerprint density at radius 1 is 1.47 bits per heavy atom. The van der Waals surface area contributed by atoms with Gasteiger partial charge >= 0.3 is 0 Å². The number of carbonyl (C=O) groups excluding carboxylic acids is 1. The van der Waals surface area contributed by atoms with Crippen LogP contribution in [-0.4, -0.2) is 32.7 Å². The van der Waals surface area contributed by atoms with Gasteiger partial charge in [0.2, 0.25) is 5.91 Å². The van der Waals surface area contributed by atoms with Crippen LogP contribution in [0.3, 0.4) is 0 Å². The quantitative estimate of drug-likeness (QED) is 0.719. The van der Waals surface area contributed by atoms with Crippen LogP contribution in [0.15, 0.2) is 28.7 Å². The average Bonchev–Trinajstić information content (AvgIpc) is 2.40. The Morgan fingerprint density at radius 2 is 2.26 bits per heavy atom. The second kappa shape index (κ2) is 9.07. The van der Waals surface area contributed by atoms with E-state index in [4.69, 9.17) is 4.74 Å². The monoisotopic (exact) mass is 328 g/mol. The van der Waals surface area contributed by atoms with Crippen LogP contribution in [0.2, 0.25) is 0 Å². The first-order valence-corrected chi connectivity index (χ1v) is 7.21. The molecule has 1 unspecified atom stereocenters. The Balaban J connectivity index is 2.42. The van der Waals surface area contributed by atoms with E-state index in [2.05, 4.69) is 45.6 Å². The van der Waals surface area contributed by atoms with E-state index in [1.54, 1.807) is 7.11 Å². The first-order chi connectivity index (χ1) is 9.17. The van der Waals surface area contributed by atoms with Crippen LogP contribution in [0.5, 0.6) is 0 Å². The summed E-state index contributed by atoms with van der Waals surface area (Å²) in [4.78, 5) is 11.6. The highest BCUT2D eigenvalue weighted by Crippen LogP contribution is 2.20. The van der Waals surface area contributed by atoms with Gasteiger partial charge in [-0.2, -0.15) is 0 Å². The van der Waals surface area contributed by atoms with Crippen molar-refractivity contribution in [1.29, 1.82) is 0 Å². The van der Waals surface area contributed by atoms with Crippen molar-refractivity contribution < 1.29 is 9.53 Å². The summed E-state index contributed by atoms with van der Waals surface area (Å²) in [5.74, 6) is -0.00880. The lowest BCUT2D eigenvalue weighted by Gasteiger charge is -2.17. The first-order valence-electron chi connectivity index (χ1n) is 6.41. The van der Waals surface area contributed by atoms with Crippen LogP contribution in [0.4, 0.5) is 0 Å². The number of amides is 1. The van der Waals surface area contributed by atoms with E-state index in [1.807, 2.05) is 12.1 Å². The molecule has 0 fully saturated rings. The summed E-state index contributed by atoms with van der Waals surface area (Å²) in [6.45, 7) is 3.50. The standard InChI is InChI=1S/C14H21BrN2O2/c1-3-13(11-5-4-6-12(15)9-11)17-10-14(18)16-7-8-19-2/h4-6,9,13,17H,3,7-8,10H2,1-2H3,(H,16,18). The van der Waals surface area contributed by atoms with Crippen LogP contribution < -0.4 is 10.6 Å². The minimum absolute atomic E-state index is 0.00880. The van der Waals surface area contributed by atoms with E-state index in [0.717, 1.165) is 10.9 Å². The molecule has 1 amide bonds. The molecule has 0 aliphatic rings. The van der Waals surface area contributed by atoms with Gasteiger partial charge < -0.3 is 15.4 Å². The number of hydrogen-bond acceptors (Lipinski definition) is 3. The summed E-state index contributed by atoms with van der Waals surface area (Å²) in [5.41, 5.74) is 1.18. The van der Waals surface area contributed by atoms with Crippen molar-refractivity contribution in [3.05, 3.63) is 34.3 Å². The summed E-state index contributed by atoms with van der Waals surface area (Å²) < 4.78 is 5.93. The smallest absolute Gasteiger partial charge is 0.234 e. The number of carbonyl (C=O) groups is 1. The molecular weight excluding hydrogens is 308 g/mol. The molecule has 0 saturated carbocycles. The molecule has 1 aromatic carbocycles. The molecule has 0 radical (unpaired) electrons. The van der Waals surface area contributed by atoms with Crippen LogP contribution in [0.25, 0.3) is 0 Å². The van der Waals surface area contributed by atoms with Gasteiger partial charge in [0, 0.05) is 24.2 Å². The lowest BCUT2D eigenvalue weighted by Crippen LogP contribution is -2.37. The Labute approximate surface area is 123 Å². The van der Waals surface area contributed by atoms with Crippen molar-refractivity contribution in [3.63, 3.8) is 0 Å². The predicted molar refractivity (Wildman–Crippen MR) is 80.1 cm³/mol. The Morgan fingerprint density at radius 3 is 2.89 bits per heavy atom. The summed E-state index contributed by atoms with van der Waals surface area (Å²) in [5, 5.41) is 6.06. The molecular formula is C14H21BrN2O2. The molecule has 19 heavy (non-hydrogen) atoms. The highest BCUT2D eigenvalue weighted by atomic mass is 79.9. The molecule has 0 saturated heterocycles. The first kappa shape index (κ1) is 16.1. The minimum Gasteiger partial charge on any atom is -0.383 e. The second-order valence-electron chi connectivity index (χ2n) is 4.24. The van der Waals surface area contributed by atoms with Crippen molar-refractivity contribution in [3.8, 4) is 0 Å². The van der Waals surface area contributed by atoms with Gasteiger partial charge in [0.25, 0.3) is 0 Å². The molecule has 0 heterocycles. The third kappa shape index (κ3) is 6.18. The largest absolute Gasteiger partial charge is 0.383 e. The summed E-state index contributed by atoms with van der Waals surface area (Å²) in [7, 11) is 1.62. The fourth-order valence-corrected chi connectivity index (χ4v) is 2.21. The molecule has 0 spiro atoms. The van der Waals surface area contributed by atoms with Crippen LogP contribution in [0, 0.1) is 0 Å². The molecule has 0 aliphatic heterocycles. The van der Waals surface area contributed by atoms with Crippen LogP contribution in [0.1, 0.15) is 24.9 Å². The van der Waals surface area contributed by atoms with E-state index in [-0.39, 0.29) is 11.9 Å². The highest BCUT2D eigenvalue weighted by molar-refractivity contribution is 9.10. The third-order valence-corrected chi connectivity index (χ3v) is 3.29. The topological polar surface area (TPSA) is 50.4 Å². The van der Waals surface area contributed by atoms with Crippen molar-refractivity contribution >= 4 is 21.8 Å². The molecule has 1 atom stereocenters. The van der Waals surface area contributed by atoms with E-state index < -0.39 is 0 Å². The number of halogens is 1. The molecule has 0 aromatic heterocycles. The SMILES string of the molecule is CCC(NCC(=O)NCCOC)c1cccc(Br)c1. The number of ether oxygens (including phenoxy) is 1. The van der Waals surface area contributed by atoms with E-state index >= 15 is 0 Å². The maximum absolute atomic E-state index is 11.6.